The van der Waals surface area contributed by atoms with E-state index in [0.29, 0.717) is 30.3 Å². The van der Waals surface area contributed by atoms with Crippen LogP contribution in [0.5, 0.6) is 11.5 Å². The Balaban J connectivity index is 1.68. The molecule has 0 unspecified atom stereocenters. The third-order valence-electron chi connectivity index (χ3n) is 4.31. The molecule has 2 aromatic carbocycles. The molecule has 1 N–H and O–H groups in total. The van der Waals surface area contributed by atoms with Crippen molar-refractivity contribution in [3.63, 3.8) is 0 Å². The van der Waals surface area contributed by atoms with E-state index >= 15 is 0 Å². The van der Waals surface area contributed by atoms with E-state index in [0.717, 1.165) is 37.7 Å². The summed E-state index contributed by atoms with van der Waals surface area (Å²) in [5, 5.41) is 2.93. The molecule has 6 nitrogen and oxygen atoms in total. The molecule has 1 amide bonds. The van der Waals surface area contributed by atoms with Gasteiger partial charge in [-0.1, -0.05) is 0 Å². The highest BCUT2D eigenvalue weighted by Crippen LogP contribution is 2.29. The van der Waals surface area contributed by atoms with Crippen molar-refractivity contribution in [2.24, 2.45) is 0 Å². The van der Waals surface area contributed by atoms with Crippen LogP contribution in [0.25, 0.3) is 0 Å². The zero-order valence-corrected chi connectivity index (χ0v) is 15.9. The Kier molecular flexibility index (Phi) is 6.54. The van der Waals surface area contributed by atoms with Gasteiger partial charge in [0.1, 0.15) is 0 Å². The summed E-state index contributed by atoms with van der Waals surface area (Å²) >= 11 is 0. The normalized spacial score (nSPS) is 13.9. The van der Waals surface area contributed by atoms with Crippen molar-refractivity contribution >= 4 is 17.3 Å². The van der Waals surface area contributed by atoms with Crippen molar-refractivity contribution in [2.75, 3.05) is 49.7 Å². The zero-order chi connectivity index (χ0) is 19.1. The number of carbonyl (C=O) groups excluding carboxylic acids is 1. The smallest absolute Gasteiger partial charge is 0.255 e. The Hall–Kier alpha value is -2.73. The maximum absolute atomic E-state index is 12.6. The summed E-state index contributed by atoms with van der Waals surface area (Å²) in [4.78, 5) is 14.9. The summed E-state index contributed by atoms with van der Waals surface area (Å²) in [6, 6.07) is 13.1. The SMILES string of the molecule is CCOc1ccc(C(=O)Nc2ccc(N3CCOCC3)cc2)cc1OCC. The molecular weight excluding hydrogens is 344 g/mol. The van der Waals surface area contributed by atoms with Gasteiger partial charge in [-0.2, -0.15) is 0 Å². The highest BCUT2D eigenvalue weighted by atomic mass is 16.5. The Morgan fingerprint density at radius 1 is 1.00 bits per heavy atom. The average molecular weight is 370 g/mol. The van der Waals surface area contributed by atoms with Crippen molar-refractivity contribution in [3.8, 4) is 11.5 Å². The number of anilines is 2. The monoisotopic (exact) mass is 370 g/mol. The first kappa shape index (κ1) is 19.0. The van der Waals surface area contributed by atoms with E-state index in [2.05, 4.69) is 10.2 Å². The molecule has 3 rings (SSSR count). The van der Waals surface area contributed by atoms with Crippen LogP contribution in [0.1, 0.15) is 24.2 Å². The van der Waals surface area contributed by atoms with Gasteiger partial charge in [-0.15, -0.1) is 0 Å². The van der Waals surface area contributed by atoms with Crippen LogP contribution in [0, 0.1) is 0 Å². The first-order valence-electron chi connectivity index (χ1n) is 9.35. The standard InChI is InChI=1S/C21H26N2O4/c1-3-26-19-10-5-16(15-20(19)27-4-2)21(24)22-17-6-8-18(9-7-17)23-11-13-25-14-12-23/h5-10,15H,3-4,11-14H2,1-2H3,(H,22,24). The van der Waals surface area contributed by atoms with Crippen molar-refractivity contribution in [3.05, 3.63) is 48.0 Å². The number of nitrogens with one attached hydrogen (secondary N) is 1. The van der Waals surface area contributed by atoms with Gasteiger partial charge in [0.05, 0.1) is 26.4 Å². The summed E-state index contributed by atoms with van der Waals surface area (Å²) in [7, 11) is 0. The maximum atomic E-state index is 12.6. The van der Waals surface area contributed by atoms with Crippen molar-refractivity contribution in [1.82, 2.24) is 0 Å². The lowest BCUT2D eigenvalue weighted by atomic mass is 10.1. The lowest BCUT2D eigenvalue weighted by Crippen LogP contribution is -2.36. The van der Waals surface area contributed by atoms with Gasteiger partial charge in [0, 0.05) is 30.0 Å². The van der Waals surface area contributed by atoms with Crippen molar-refractivity contribution < 1.29 is 19.0 Å². The lowest BCUT2D eigenvalue weighted by molar-refractivity contribution is 0.102. The summed E-state index contributed by atoms with van der Waals surface area (Å²) in [6.45, 7) is 8.14. The molecule has 0 atom stereocenters. The number of morpholine rings is 1. The van der Waals surface area contributed by atoms with Crippen LogP contribution in [-0.4, -0.2) is 45.4 Å². The predicted molar refractivity (Wildman–Crippen MR) is 106 cm³/mol. The minimum absolute atomic E-state index is 0.182. The summed E-state index contributed by atoms with van der Waals surface area (Å²) in [5.74, 6) is 1.04. The molecule has 0 saturated carbocycles. The molecule has 0 spiro atoms. The average Bonchev–Trinajstić information content (AvgIpc) is 2.71. The zero-order valence-electron chi connectivity index (χ0n) is 15.9. The fourth-order valence-corrected chi connectivity index (χ4v) is 2.97. The quantitative estimate of drug-likeness (QED) is 0.807. The fourth-order valence-electron chi connectivity index (χ4n) is 2.97. The van der Waals surface area contributed by atoms with E-state index in [-0.39, 0.29) is 5.91 Å². The maximum Gasteiger partial charge on any atom is 0.255 e. The van der Waals surface area contributed by atoms with E-state index in [1.54, 1.807) is 18.2 Å². The highest BCUT2D eigenvalue weighted by molar-refractivity contribution is 6.04. The van der Waals surface area contributed by atoms with E-state index in [9.17, 15) is 4.79 Å². The molecule has 1 saturated heterocycles. The van der Waals surface area contributed by atoms with Crippen molar-refractivity contribution in [1.29, 1.82) is 0 Å². The van der Waals surface area contributed by atoms with Gasteiger partial charge in [0.2, 0.25) is 0 Å². The first-order valence-corrected chi connectivity index (χ1v) is 9.35. The number of benzene rings is 2. The van der Waals surface area contributed by atoms with E-state index in [1.165, 1.54) is 0 Å². The minimum Gasteiger partial charge on any atom is -0.490 e. The first-order chi connectivity index (χ1) is 13.2. The predicted octanol–water partition coefficient (Wildman–Crippen LogP) is 3.57. The Morgan fingerprint density at radius 2 is 1.67 bits per heavy atom. The van der Waals surface area contributed by atoms with Crippen LogP contribution in [0.3, 0.4) is 0 Å². The number of ether oxygens (including phenoxy) is 3. The topological polar surface area (TPSA) is 60.0 Å². The molecule has 6 heteroatoms. The van der Waals surface area contributed by atoms with Crippen LogP contribution in [0.4, 0.5) is 11.4 Å². The molecule has 0 aromatic heterocycles. The molecule has 1 aliphatic heterocycles. The molecule has 27 heavy (non-hydrogen) atoms. The van der Waals surface area contributed by atoms with Gasteiger partial charge in [-0.05, 0) is 56.3 Å². The number of amides is 1. The summed E-state index contributed by atoms with van der Waals surface area (Å²) in [5.41, 5.74) is 2.42. The van der Waals surface area contributed by atoms with Crippen LogP contribution >= 0.6 is 0 Å². The fraction of sp³-hybridized carbons (Fsp3) is 0.381. The molecule has 0 bridgehead atoms. The van der Waals surface area contributed by atoms with E-state index < -0.39 is 0 Å². The molecule has 0 aliphatic carbocycles. The van der Waals surface area contributed by atoms with Crippen LogP contribution in [0.15, 0.2) is 42.5 Å². The van der Waals surface area contributed by atoms with Crippen LogP contribution in [0.2, 0.25) is 0 Å². The number of rotatable bonds is 7. The van der Waals surface area contributed by atoms with Gasteiger partial charge in [0.15, 0.2) is 11.5 Å². The molecule has 1 fully saturated rings. The van der Waals surface area contributed by atoms with Gasteiger partial charge < -0.3 is 24.4 Å². The second-order valence-electron chi connectivity index (χ2n) is 6.13. The number of nitrogens with zero attached hydrogens (tertiary/aromatic N) is 1. The van der Waals surface area contributed by atoms with Gasteiger partial charge in [-0.25, -0.2) is 0 Å². The second kappa shape index (κ2) is 9.28. The summed E-state index contributed by atoms with van der Waals surface area (Å²) < 4.78 is 16.5. The van der Waals surface area contributed by atoms with E-state index in [1.807, 2.05) is 38.1 Å². The Morgan fingerprint density at radius 3 is 2.33 bits per heavy atom. The largest absolute Gasteiger partial charge is 0.490 e. The van der Waals surface area contributed by atoms with Crippen molar-refractivity contribution in [2.45, 2.75) is 13.8 Å². The highest BCUT2D eigenvalue weighted by Gasteiger charge is 2.13. The lowest BCUT2D eigenvalue weighted by Gasteiger charge is -2.28. The third-order valence-corrected chi connectivity index (χ3v) is 4.31. The molecule has 0 radical (unpaired) electrons. The number of hydrogen-bond acceptors (Lipinski definition) is 5. The molecular formula is C21H26N2O4. The second-order valence-corrected chi connectivity index (χ2v) is 6.13. The van der Waals surface area contributed by atoms with Gasteiger partial charge >= 0.3 is 0 Å². The molecule has 2 aromatic rings. The molecule has 1 heterocycles. The van der Waals surface area contributed by atoms with Gasteiger partial charge in [0.25, 0.3) is 5.91 Å². The van der Waals surface area contributed by atoms with E-state index in [4.69, 9.17) is 14.2 Å². The molecule has 1 aliphatic rings. The van der Waals surface area contributed by atoms with Crippen LogP contribution < -0.4 is 19.7 Å². The Bertz CT molecular complexity index is 755. The summed E-state index contributed by atoms with van der Waals surface area (Å²) in [6.07, 6.45) is 0. The number of hydrogen-bond donors (Lipinski definition) is 1. The molecule has 144 valence electrons. The minimum atomic E-state index is -0.182. The third kappa shape index (κ3) is 4.92. The Labute approximate surface area is 160 Å². The van der Waals surface area contributed by atoms with Gasteiger partial charge in [-0.3, -0.25) is 4.79 Å². The van der Waals surface area contributed by atoms with Crippen LogP contribution in [-0.2, 0) is 4.74 Å². The number of carbonyl (C=O) groups is 1.